The molecule has 1 heterocycles. The number of aromatic nitrogens is 2. The highest BCUT2D eigenvalue weighted by molar-refractivity contribution is 5.97. The van der Waals surface area contributed by atoms with Crippen molar-refractivity contribution in [2.75, 3.05) is 20.8 Å². The number of Topliss-reactive ketones (excluding diaryl/α,β-unsaturated/α-hetero) is 1. The van der Waals surface area contributed by atoms with Crippen LogP contribution in [0.4, 0.5) is 0 Å². The Morgan fingerprint density at radius 1 is 0.839 bits per heavy atom. The van der Waals surface area contributed by atoms with Crippen molar-refractivity contribution in [3.63, 3.8) is 0 Å². The van der Waals surface area contributed by atoms with E-state index < -0.39 is 0 Å². The molecule has 4 rings (SSSR count). The van der Waals surface area contributed by atoms with E-state index in [0.29, 0.717) is 28.8 Å². The smallest absolute Gasteiger partial charge is 0.258 e. The molecular formula is C24H20N2O5. The van der Waals surface area contributed by atoms with Crippen LogP contribution in [0.25, 0.3) is 22.8 Å². The molecule has 1 aromatic heterocycles. The van der Waals surface area contributed by atoms with Gasteiger partial charge in [0.25, 0.3) is 5.89 Å². The summed E-state index contributed by atoms with van der Waals surface area (Å²) >= 11 is 0. The predicted octanol–water partition coefficient (Wildman–Crippen LogP) is 4.68. The van der Waals surface area contributed by atoms with Crippen molar-refractivity contribution in [3.05, 3.63) is 78.4 Å². The van der Waals surface area contributed by atoms with Crippen LogP contribution in [0.2, 0.25) is 0 Å². The van der Waals surface area contributed by atoms with Gasteiger partial charge in [0.1, 0.15) is 17.2 Å². The summed E-state index contributed by atoms with van der Waals surface area (Å²) in [6, 6.07) is 21.5. The largest absolute Gasteiger partial charge is 0.497 e. The highest BCUT2D eigenvalue weighted by Gasteiger charge is 2.12. The Hall–Kier alpha value is -4.13. The van der Waals surface area contributed by atoms with E-state index in [-0.39, 0.29) is 12.4 Å². The summed E-state index contributed by atoms with van der Waals surface area (Å²) in [6.07, 6.45) is 0. The fourth-order valence-corrected chi connectivity index (χ4v) is 2.92. The van der Waals surface area contributed by atoms with Crippen molar-refractivity contribution in [3.8, 4) is 40.1 Å². The van der Waals surface area contributed by atoms with Gasteiger partial charge >= 0.3 is 0 Å². The zero-order valence-corrected chi connectivity index (χ0v) is 17.1. The van der Waals surface area contributed by atoms with Crippen molar-refractivity contribution < 1.29 is 23.5 Å². The van der Waals surface area contributed by atoms with Gasteiger partial charge in [0.05, 0.1) is 14.2 Å². The Balaban J connectivity index is 1.40. The lowest BCUT2D eigenvalue weighted by molar-refractivity contribution is 0.0921. The van der Waals surface area contributed by atoms with Crippen molar-refractivity contribution in [2.45, 2.75) is 0 Å². The molecular weight excluding hydrogens is 396 g/mol. The van der Waals surface area contributed by atoms with E-state index in [2.05, 4.69) is 10.1 Å². The number of nitrogens with zero attached hydrogens (tertiary/aromatic N) is 2. The Labute approximate surface area is 179 Å². The summed E-state index contributed by atoms with van der Waals surface area (Å²) in [5.41, 5.74) is 2.11. The van der Waals surface area contributed by atoms with Crippen LogP contribution in [-0.2, 0) is 0 Å². The maximum Gasteiger partial charge on any atom is 0.258 e. The highest BCUT2D eigenvalue weighted by Crippen LogP contribution is 2.25. The SMILES string of the molecule is COc1ccc(-c2nc(-c3ccc(OCC(=O)c4cccc(OC)c4)cc3)no2)cc1. The summed E-state index contributed by atoms with van der Waals surface area (Å²) in [7, 11) is 3.17. The third kappa shape index (κ3) is 4.72. The van der Waals surface area contributed by atoms with Gasteiger partial charge in [-0.3, -0.25) is 4.79 Å². The molecule has 0 aliphatic heterocycles. The Kier molecular flexibility index (Phi) is 5.93. The molecule has 0 radical (unpaired) electrons. The van der Waals surface area contributed by atoms with Crippen LogP contribution in [0.15, 0.2) is 77.3 Å². The molecule has 4 aromatic rings. The van der Waals surface area contributed by atoms with Gasteiger partial charge in [0.15, 0.2) is 12.4 Å². The van der Waals surface area contributed by atoms with Crippen LogP contribution in [0.3, 0.4) is 0 Å². The first kappa shape index (κ1) is 20.2. The van der Waals surface area contributed by atoms with E-state index in [9.17, 15) is 4.79 Å². The standard InChI is InChI=1S/C24H20N2O5/c1-28-19-10-8-17(9-11-19)24-25-23(26-31-24)16-6-12-20(13-7-16)30-15-22(27)18-4-3-5-21(14-18)29-2/h3-14H,15H2,1-2H3. The quantitative estimate of drug-likeness (QED) is 0.386. The van der Waals surface area contributed by atoms with Crippen LogP contribution in [0, 0.1) is 0 Å². The highest BCUT2D eigenvalue weighted by atomic mass is 16.5. The van der Waals surface area contributed by atoms with Gasteiger partial charge in [-0.25, -0.2) is 0 Å². The Bertz CT molecular complexity index is 1170. The lowest BCUT2D eigenvalue weighted by Gasteiger charge is -2.07. The molecule has 0 aliphatic rings. The number of benzene rings is 3. The van der Waals surface area contributed by atoms with Crippen LogP contribution < -0.4 is 14.2 Å². The second kappa shape index (κ2) is 9.13. The van der Waals surface area contributed by atoms with Gasteiger partial charge in [-0.2, -0.15) is 4.98 Å². The molecule has 0 unspecified atom stereocenters. The normalized spacial score (nSPS) is 10.5. The van der Waals surface area contributed by atoms with Crippen molar-refractivity contribution in [2.24, 2.45) is 0 Å². The van der Waals surface area contributed by atoms with Crippen LogP contribution >= 0.6 is 0 Å². The van der Waals surface area contributed by atoms with E-state index in [1.165, 1.54) is 0 Å². The second-order valence-electron chi connectivity index (χ2n) is 6.62. The van der Waals surface area contributed by atoms with E-state index in [0.717, 1.165) is 16.9 Å². The molecule has 0 N–H and O–H groups in total. The number of ketones is 1. The van der Waals surface area contributed by atoms with Gasteiger partial charge < -0.3 is 18.7 Å². The molecule has 156 valence electrons. The minimum atomic E-state index is -0.134. The lowest BCUT2D eigenvalue weighted by Crippen LogP contribution is -2.11. The van der Waals surface area contributed by atoms with Crippen molar-refractivity contribution in [1.29, 1.82) is 0 Å². The Morgan fingerprint density at radius 2 is 1.52 bits per heavy atom. The average Bonchev–Trinajstić information content (AvgIpc) is 3.33. The number of carbonyl (C=O) groups is 1. The molecule has 7 nitrogen and oxygen atoms in total. The van der Waals surface area contributed by atoms with Crippen LogP contribution in [0.1, 0.15) is 10.4 Å². The third-order valence-electron chi connectivity index (χ3n) is 4.64. The molecule has 3 aromatic carbocycles. The van der Waals surface area contributed by atoms with Gasteiger partial charge in [0, 0.05) is 16.7 Å². The molecule has 31 heavy (non-hydrogen) atoms. The molecule has 7 heteroatoms. The molecule has 0 saturated heterocycles. The van der Waals surface area contributed by atoms with Gasteiger partial charge in [0.2, 0.25) is 5.82 Å². The fraction of sp³-hybridized carbons (Fsp3) is 0.125. The van der Waals surface area contributed by atoms with Gasteiger partial charge in [-0.05, 0) is 60.7 Å². The Morgan fingerprint density at radius 3 is 2.23 bits per heavy atom. The summed E-state index contributed by atoms with van der Waals surface area (Å²) in [4.78, 5) is 16.8. The first-order chi connectivity index (χ1) is 15.2. The number of carbonyl (C=O) groups excluding carboxylic acids is 1. The van der Waals surface area contributed by atoms with Gasteiger partial charge in [-0.1, -0.05) is 17.3 Å². The van der Waals surface area contributed by atoms with Crippen molar-refractivity contribution >= 4 is 5.78 Å². The first-order valence-electron chi connectivity index (χ1n) is 9.55. The molecule has 0 fully saturated rings. The second-order valence-corrected chi connectivity index (χ2v) is 6.62. The molecule has 0 atom stereocenters. The van der Waals surface area contributed by atoms with Crippen LogP contribution in [0.5, 0.6) is 17.2 Å². The van der Waals surface area contributed by atoms with Crippen molar-refractivity contribution in [1.82, 2.24) is 10.1 Å². The first-order valence-corrected chi connectivity index (χ1v) is 9.55. The average molecular weight is 416 g/mol. The molecule has 0 aliphatic carbocycles. The minimum absolute atomic E-state index is 0.0731. The monoisotopic (exact) mass is 416 g/mol. The van der Waals surface area contributed by atoms with Gasteiger partial charge in [-0.15, -0.1) is 0 Å². The fourth-order valence-electron chi connectivity index (χ4n) is 2.92. The molecule has 0 spiro atoms. The maximum absolute atomic E-state index is 12.3. The number of methoxy groups -OCH3 is 2. The van der Waals surface area contributed by atoms with E-state index in [1.54, 1.807) is 50.6 Å². The number of hydrogen-bond donors (Lipinski definition) is 0. The van der Waals surface area contributed by atoms with E-state index >= 15 is 0 Å². The zero-order chi connectivity index (χ0) is 21.6. The number of rotatable bonds is 8. The summed E-state index contributed by atoms with van der Waals surface area (Å²) < 4.78 is 21.3. The minimum Gasteiger partial charge on any atom is -0.497 e. The summed E-state index contributed by atoms with van der Waals surface area (Å²) in [5, 5.41) is 4.04. The van der Waals surface area contributed by atoms with Crippen LogP contribution in [-0.4, -0.2) is 36.8 Å². The van der Waals surface area contributed by atoms with E-state index in [1.807, 2.05) is 36.4 Å². The molecule has 0 amide bonds. The number of ether oxygens (including phenoxy) is 3. The predicted molar refractivity (Wildman–Crippen MR) is 115 cm³/mol. The van der Waals surface area contributed by atoms with E-state index in [4.69, 9.17) is 18.7 Å². The topological polar surface area (TPSA) is 83.7 Å². The summed E-state index contributed by atoms with van der Waals surface area (Å²) in [6.45, 7) is -0.0731. The maximum atomic E-state index is 12.3. The molecule has 0 bridgehead atoms. The summed E-state index contributed by atoms with van der Waals surface area (Å²) in [5.74, 6) is 2.70. The number of hydrogen-bond acceptors (Lipinski definition) is 7. The zero-order valence-electron chi connectivity index (χ0n) is 17.1. The third-order valence-corrected chi connectivity index (χ3v) is 4.64. The molecule has 0 saturated carbocycles. The lowest BCUT2D eigenvalue weighted by atomic mass is 10.1.